The minimum Gasteiger partial charge on any atom is -0.383 e. The molecule has 0 aliphatic carbocycles. The topological polar surface area (TPSA) is 80.3 Å². The van der Waals surface area contributed by atoms with Crippen LogP contribution in [0.3, 0.4) is 0 Å². The fourth-order valence-corrected chi connectivity index (χ4v) is 3.97. The van der Waals surface area contributed by atoms with Crippen LogP contribution in [0, 0.1) is 11.3 Å². The largest absolute Gasteiger partial charge is 0.383 e. The summed E-state index contributed by atoms with van der Waals surface area (Å²) in [5.41, 5.74) is 0.513. The fraction of sp³-hybridized carbons (Fsp3) is 0.467. The molecule has 5 rings (SSSR count). The van der Waals surface area contributed by atoms with Crippen molar-refractivity contribution in [3.63, 3.8) is 0 Å². The van der Waals surface area contributed by atoms with Gasteiger partial charge in [-0.1, -0.05) is 12.1 Å². The van der Waals surface area contributed by atoms with Gasteiger partial charge in [-0.2, -0.15) is 5.26 Å². The standard InChI is InChI=1S/C15H13N3O3/c16-6-8-13-17-9-3-1-2-4-10(9)18(13)11-5-15(8,19)14-20-7-12(11)21-14/h1-4,8,11-12,14,19H,5,7H2/t8?,11-,12+,14+,15-/m0/s1. The molecule has 6 nitrogen and oxygen atoms in total. The number of ether oxygens (including phenoxy) is 2. The van der Waals surface area contributed by atoms with Gasteiger partial charge in [0.1, 0.15) is 23.4 Å². The summed E-state index contributed by atoms with van der Waals surface area (Å²) in [4.78, 5) is 4.60. The van der Waals surface area contributed by atoms with Crippen LogP contribution in [-0.2, 0) is 9.47 Å². The van der Waals surface area contributed by atoms with Crippen LogP contribution in [0.2, 0.25) is 0 Å². The first-order chi connectivity index (χ1) is 10.2. The van der Waals surface area contributed by atoms with E-state index in [2.05, 4.69) is 15.6 Å². The SMILES string of the molecule is N#CC1c2nc3ccccc3n2[C@H]2C[C@@]1(O)[C@@H]1OC[C@H]2O1. The van der Waals surface area contributed by atoms with E-state index in [9.17, 15) is 10.4 Å². The number of para-hydroxylation sites is 2. The van der Waals surface area contributed by atoms with Crippen LogP contribution >= 0.6 is 0 Å². The van der Waals surface area contributed by atoms with E-state index in [1.165, 1.54) is 0 Å². The molecule has 106 valence electrons. The van der Waals surface area contributed by atoms with Crippen LogP contribution in [0.25, 0.3) is 11.0 Å². The van der Waals surface area contributed by atoms with Crippen LogP contribution in [0.15, 0.2) is 24.3 Å². The predicted molar refractivity (Wildman–Crippen MR) is 71.3 cm³/mol. The monoisotopic (exact) mass is 283 g/mol. The first-order valence-corrected chi connectivity index (χ1v) is 7.08. The Morgan fingerprint density at radius 3 is 3.14 bits per heavy atom. The molecule has 4 heterocycles. The number of rotatable bonds is 0. The number of hydrogen-bond acceptors (Lipinski definition) is 5. The predicted octanol–water partition coefficient (Wildman–Crippen LogP) is 1.07. The molecule has 5 atom stereocenters. The molecule has 1 aromatic heterocycles. The van der Waals surface area contributed by atoms with Crippen molar-refractivity contribution in [3.05, 3.63) is 30.1 Å². The van der Waals surface area contributed by atoms with Gasteiger partial charge in [-0.05, 0) is 12.1 Å². The van der Waals surface area contributed by atoms with Crippen molar-refractivity contribution in [1.29, 1.82) is 5.26 Å². The number of nitrogens with zero attached hydrogens (tertiary/aromatic N) is 3. The number of nitriles is 1. The molecule has 0 saturated carbocycles. The Morgan fingerprint density at radius 2 is 2.29 bits per heavy atom. The lowest BCUT2D eigenvalue weighted by Gasteiger charge is -2.47. The Kier molecular flexibility index (Phi) is 2.02. The molecule has 3 aliphatic heterocycles. The molecule has 4 bridgehead atoms. The summed E-state index contributed by atoms with van der Waals surface area (Å²) in [6, 6.07) is 9.97. The van der Waals surface area contributed by atoms with Crippen molar-refractivity contribution in [2.24, 2.45) is 0 Å². The van der Waals surface area contributed by atoms with Crippen LogP contribution in [-0.4, -0.2) is 39.3 Å². The zero-order chi connectivity index (χ0) is 14.2. The summed E-state index contributed by atoms with van der Waals surface area (Å²) in [6.07, 6.45) is -0.350. The van der Waals surface area contributed by atoms with Crippen molar-refractivity contribution in [1.82, 2.24) is 9.55 Å². The van der Waals surface area contributed by atoms with Gasteiger partial charge in [0.2, 0.25) is 0 Å². The van der Waals surface area contributed by atoms with E-state index in [0.717, 1.165) is 11.0 Å². The average Bonchev–Trinajstić information content (AvgIpc) is 3.09. The third kappa shape index (κ3) is 1.25. The quantitative estimate of drug-likeness (QED) is 0.782. The highest BCUT2D eigenvalue weighted by molar-refractivity contribution is 5.76. The van der Waals surface area contributed by atoms with Crippen LogP contribution in [0.4, 0.5) is 0 Å². The molecule has 2 saturated heterocycles. The number of imidazole rings is 1. The molecular weight excluding hydrogens is 270 g/mol. The molecule has 21 heavy (non-hydrogen) atoms. The molecular formula is C15H13N3O3. The van der Waals surface area contributed by atoms with Crippen molar-refractivity contribution in [2.45, 2.75) is 36.4 Å². The van der Waals surface area contributed by atoms with Gasteiger partial charge >= 0.3 is 0 Å². The van der Waals surface area contributed by atoms with E-state index in [0.29, 0.717) is 18.9 Å². The zero-order valence-corrected chi connectivity index (χ0v) is 11.1. The van der Waals surface area contributed by atoms with Gasteiger partial charge in [0.05, 0.1) is 29.8 Å². The van der Waals surface area contributed by atoms with Crippen molar-refractivity contribution in [2.75, 3.05) is 6.61 Å². The van der Waals surface area contributed by atoms with Crippen LogP contribution in [0.5, 0.6) is 0 Å². The summed E-state index contributed by atoms with van der Waals surface area (Å²) >= 11 is 0. The molecule has 2 aromatic rings. The maximum Gasteiger partial charge on any atom is 0.188 e. The normalized spacial score (nSPS) is 40.0. The van der Waals surface area contributed by atoms with E-state index in [1.54, 1.807) is 0 Å². The minimum atomic E-state index is -1.32. The van der Waals surface area contributed by atoms with Crippen molar-refractivity contribution < 1.29 is 14.6 Å². The summed E-state index contributed by atoms with van der Waals surface area (Å²) < 4.78 is 13.4. The summed E-state index contributed by atoms with van der Waals surface area (Å²) in [5.74, 6) is -0.119. The van der Waals surface area contributed by atoms with Crippen molar-refractivity contribution >= 4 is 11.0 Å². The van der Waals surface area contributed by atoms with E-state index in [1.807, 2.05) is 24.3 Å². The fourth-order valence-electron chi connectivity index (χ4n) is 3.97. The van der Waals surface area contributed by atoms with Gasteiger partial charge in [0.25, 0.3) is 0 Å². The lowest BCUT2D eigenvalue weighted by molar-refractivity contribution is -0.234. The third-order valence-corrected chi connectivity index (χ3v) is 4.93. The minimum absolute atomic E-state index is 0.0410. The highest BCUT2D eigenvalue weighted by Crippen LogP contribution is 2.52. The van der Waals surface area contributed by atoms with Gasteiger partial charge in [0, 0.05) is 6.42 Å². The van der Waals surface area contributed by atoms with E-state index >= 15 is 0 Å². The summed E-state index contributed by atoms with van der Waals surface area (Å²) in [6.45, 7) is 0.446. The molecule has 0 radical (unpaired) electrons. The van der Waals surface area contributed by atoms with Crippen molar-refractivity contribution in [3.8, 4) is 6.07 Å². The van der Waals surface area contributed by atoms with Crippen LogP contribution in [0.1, 0.15) is 24.2 Å². The first kappa shape index (κ1) is 11.7. The number of fused-ring (bicyclic) bond motifs is 10. The van der Waals surface area contributed by atoms with Gasteiger partial charge in [-0.3, -0.25) is 0 Å². The molecule has 3 aliphatic rings. The Labute approximate surface area is 120 Å². The third-order valence-electron chi connectivity index (χ3n) is 4.93. The molecule has 1 N–H and O–H groups in total. The number of aliphatic hydroxyl groups is 1. The maximum atomic E-state index is 11.0. The molecule has 0 amide bonds. The Hall–Kier alpha value is -1.94. The lowest BCUT2D eigenvalue weighted by atomic mass is 9.76. The second kappa shape index (κ2) is 3.63. The Morgan fingerprint density at radius 1 is 1.43 bits per heavy atom. The molecule has 1 aromatic carbocycles. The average molecular weight is 283 g/mol. The molecule has 0 spiro atoms. The molecule has 6 heteroatoms. The number of aromatic nitrogens is 2. The number of hydrogen-bond donors (Lipinski definition) is 1. The van der Waals surface area contributed by atoms with Gasteiger partial charge in [-0.15, -0.1) is 0 Å². The Balaban J connectivity index is 1.85. The van der Waals surface area contributed by atoms with Crippen LogP contribution < -0.4 is 0 Å². The maximum absolute atomic E-state index is 11.0. The molecule has 1 unspecified atom stereocenters. The van der Waals surface area contributed by atoms with Gasteiger partial charge in [-0.25, -0.2) is 4.98 Å². The lowest BCUT2D eigenvalue weighted by Crippen LogP contribution is -2.57. The highest BCUT2D eigenvalue weighted by Gasteiger charge is 2.62. The summed E-state index contributed by atoms with van der Waals surface area (Å²) in [5, 5.41) is 20.6. The number of benzene rings is 1. The van der Waals surface area contributed by atoms with Gasteiger partial charge < -0.3 is 19.1 Å². The zero-order valence-electron chi connectivity index (χ0n) is 11.1. The van der Waals surface area contributed by atoms with Gasteiger partial charge in [0.15, 0.2) is 6.29 Å². The first-order valence-electron chi connectivity index (χ1n) is 7.08. The molecule has 2 fully saturated rings. The van der Waals surface area contributed by atoms with E-state index in [-0.39, 0.29) is 12.1 Å². The second-order valence-corrected chi connectivity index (χ2v) is 5.99. The van der Waals surface area contributed by atoms with E-state index in [4.69, 9.17) is 9.47 Å². The Bertz CT molecular complexity index is 795. The smallest absolute Gasteiger partial charge is 0.188 e. The van der Waals surface area contributed by atoms with E-state index < -0.39 is 17.8 Å². The highest BCUT2D eigenvalue weighted by atomic mass is 16.7. The summed E-state index contributed by atoms with van der Waals surface area (Å²) in [7, 11) is 0. The second-order valence-electron chi connectivity index (χ2n) is 5.99.